The highest BCUT2D eigenvalue weighted by Gasteiger charge is 2.36. The molecule has 0 aliphatic heterocycles. The molecule has 0 bridgehead atoms. The van der Waals surface area contributed by atoms with Gasteiger partial charge in [-0.05, 0) is 38.9 Å². The SMILES string of the molecule is CCCCN(CCCC)CCCC.O=P(O)(O)OP(=O)(O)OCOP(=O)(O)OP(=O)(O)O. The van der Waals surface area contributed by atoms with Crippen molar-refractivity contribution in [3.05, 3.63) is 0 Å². The van der Waals surface area contributed by atoms with Crippen LogP contribution < -0.4 is 0 Å². The second-order valence-electron chi connectivity index (χ2n) is 6.36. The van der Waals surface area contributed by atoms with E-state index in [0.29, 0.717) is 0 Å². The molecule has 0 radical (unpaired) electrons. The van der Waals surface area contributed by atoms with Crippen molar-refractivity contribution in [3.63, 3.8) is 0 Å². The maximum atomic E-state index is 10.8. The molecule has 0 aromatic heterocycles. The molecule has 0 aromatic carbocycles. The molecule has 0 saturated heterocycles. The van der Waals surface area contributed by atoms with Crippen LogP contribution in [0.5, 0.6) is 0 Å². The summed E-state index contributed by atoms with van der Waals surface area (Å²) in [5.74, 6) is 0. The fourth-order valence-electron chi connectivity index (χ4n) is 1.95. The Morgan fingerprint density at radius 3 is 1.09 bits per heavy atom. The number of nitrogens with zero attached hydrogens (tertiary/aromatic N) is 1. The molecule has 2 unspecified atom stereocenters. The summed E-state index contributed by atoms with van der Waals surface area (Å²) in [4.78, 5) is 52.6. The number of hydrogen-bond acceptors (Lipinski definition) is 9. The highest BCUT2D eigenvalue weighted by Crippen LogP contribution is 2.60. The lowest BCUT2D eigenvalue weighted by Crippen LogP contribution is -2.27. The Hall–Kier alpha value is 0.480. The van der Waals surface area contributed by atoms with E-state index in [9.17, 15) is 18.3 Å². The zero-order chi connectivity index (χ0) is 25.5. The lowest BCUT2D eigenvalue weighted by atomic mass is 10.2. The number of phosphoric ester groups is 2. The van der Waals surface area contributed by atoms with E-state index in [1.165, 1.54) is 58.2 Å². The minimum atomic E-state index is -5.38. The van der Waals surface area contributed by atoms with Crippen molar-refractivity contribution in [1.29, 1.82) is 0 Å². The number of unbranched alkanes of at least 4 members (excludes halogenated alkanes) is 3. The van der Waals surface area contributed by atoms with E-state index in [1.807, 2.05) is 0 Å². The maximum absolute atomic E-state index is 10.8. The minimum absolute atomic E-state index is 1.32. The second-order valence-corrected chi connectivity index (χ2v) is 12.0. The lowest BCUT2D eigenvalue weighted by molar-refractivity contribution is 0.0570. The Morgan fingerprint density at radius 2 is 0.875 bits per heavy atom. The van der Waals surface area contributed by atoms with Crippen LogP contribution in [0.15, 0.2) is 0 Å². The predicted octanol–water partition coefficient (Wildman–Crippen LogP) is 3.09. The van der Waals surface area contributed by atoms with E-state index in [0.717, 1.165) is 0 Å². The standard InChI is InChI=1S/C12H27N.CH8O14P4/c1-4-7-10-13(11-8-5-2)12-9-6-3;2-16(3,4)14-18(8,9)12-1-13-19(10,11)15-17(5,6)7/h4-12H2,1-3H3;1H2,(H,8,9)(H,10,11)(H2,2,3,4)(H2,5,6,7). The molecule has 0 aromatic rings. The van der Waals surface area contributed by atoms with Crippen molar-refractivity contribution >= 4 is 31.3 Å². The van der Waals surface area contributed by atoms with E-state index in [2.05, 4.69) is 43.3 Å². The molecule has 0 saturated carbocycles. The first-order valence-electron chi connectivity index (χ1n) is 9.67. The van der Waals surface area contributed by atoms with Gasteiger partial charge in [0.1, 0.15) is 0 Å². The van der Waals surface area contributed by atoms with Gasteiger partial charge in [-0.25, -0.2) is 18.3 Å². The van der Waals surface area contributed by atoms with Crippen LogP contribution in [0.25, 0.3) is 0 Å². The second kappa shape index (κ2) is 17.0. The maximum Gasteiger partial charge on any atom is 0.483 e. The van der Waals surface area contributed by atoms with Gasteiger partial charge >= 0.3 is 31.3 Å². The van der Waals surface area contributed by atoms with Crippen molar-refractivity contribution in [3.8, 4) is 0 Å². The Morgan fingerprint density at radius 1 is 0.594 bits per heavy atom. The molecule has 32 heavy (non-hydrogen) atoms. The average Bonchev–Trinajstić information content (AvgIpc) is 2.57. The number of hydrogen-bond donors (Lipinski definition) is 6. The van der Waals surface area contributed by atoms with Gasteiger partial charge in [-0.2, -0.15) is 8.62 Å². The van der Waals surface area contributed by atoms with Crippen LogP contribution in [0.1, 0.15) is 59.3 Å². The number of rotatable bonds is 17. The lowest BCUT2D eigenvalue weighted by Gasteiger charge is -2.21. The van der Waals surface area contributed by atoms with Crippen molar-refractivity contribution in [1.82, 2.24) is 4.90 Å². The zero-order valence-corrected chi connectivity index (χ0v) is 21.8. The molecule has 15 nitrogen and oxygen atoms in total. The summed E-state index contributed by atoms with van der Waals surface area (Å²) < 4.78 is 55.7. The van der Waals surface area contributed by atoms with Gasteiger partial charge in [0, 0.05) is 0 Å². The molecule has 196 valence electrons. The third-order valence-electron chi connectivity index (χ3n) is 3.33. The Kier molecular flexibility index (Phi) is 18.4. The monoisotopic (exact) mass is 553 g/mol. The zero-order valence-electron chi connectivity index (χ0n) is 18.3. The van der Waals surface area contributed by atoms with Gasteiger partial charge in [-0.15, -0.1) is 0 Å². The molecule has 19 heteroatoms. The molecule has 6 N–H and O–H groups in total. The van der Waals surface area contributed by atoms with Gasteiger partial charge in [0.25, 0.3) is 0 Å². The first-order valence-corrected chi connectivity index (χ1v) is 15.7. The molecular weight excluding hydrogens is 518 g/mol. The van der Waals surface area contributed by atoms with Crippen LogP contribution >= 0.6 is 31.3 Å². The third kappa shape index (κ3) is 25.1. The van der Waals surface area contributed by atoms with Gasteiger partial charge in [0.2, 0.25) is 0 Å². The summed E-state index contributed by atoms with van der Waals surface area (Å²) >= 11 is 0. The average molecular weight is 553 g/mol. The van der Waals surface area contributed by atoms with Gasteiger partial charge in [0.05, 0.1) is 0 Å². The van der Waals surface area contributed by atoms with Crippen LogP contribution in [-0.2, 0) is 35.9 Å². The molecular formula is C13H35NO14P4. The van der Waals surface area contributed by atoms with E-state index in [1.54, 1.807) is 0 Å². The number of phosphoric acid groups is 4. The largest absolute Gasteiger partial charge is 0.483 e. The predicted molar refractivity (Wildman–Crippen MR) is 114 cm³/mol. The smallest absolute Gasteiger partial charge is 0.303 e. The third-order valence-corrected chi connectivity index (χ3v) is 7.55. The van der Waals surface area contributed by atoms with Crippen LogP contribution in [0, 0.1) is 0 Å². The van der Waals surface area contributed by atoms with Crippen LogP contribution in [0.3, 0.4) is 0 Å². The molecule has 0 heterocycles. The summed E-state index contributed by atoms with van der Waals surface area (Å²) in [5, 5.41) is 0. The van der Waals surface area contributed by atoms with E-state index >= 15 is 0 Å². The highest BCUT2D eigenvalue weighted by atomic mass is 31.3. The van der Waals surface area contributed by atoms with Gasteiger partial charge in [0.15, 0.2) is 6.79 Å². The Balaban J connectivity index is 0. The molecule has 0 aliphatic carbocycles. The summed E-state index contributed by atoms with van der Waals surface area (Å²) in [7, 11) is -21.4. The highest BCUT2D eigenvalue weighted by molar-refractivity contribution is 7.61. The summed E-state index contributed by atoms with van der Waals surface area (Å²) in [6.45, 7) is 9.18. The van der Waals surface area contributed by atoms with Crippen molar-refractivity contribution < 1.29 is 65.3 Å². The van der Waals surface area contributed by atoms with E-state index in [4.69, 9.17) is 29.4 Å². The molecule has 0 amide bonds. The summed E-state index contributed by atoms with van der Waals surface area (Å²) in [5.41, 5.74) is 0. The fourth-order valence-corrected chi connectivity index (χ4v) is 4.94. The summed E-state index contributed by atoms with van der Waals surface area (Å²) in [6.07, 6.45) is 8.09. The molecule has 0 fully saturated rings. The van der Waals surface area contributed by atoms with Gasteiger partial charge in [-0.3, -0.25) is 9.05 Å². The van der Waals surface area contributed by atoms with Crippen molar-refractivity contribution in [2.75, 3.05) is 26.4 Å². The topological polar surface area (TPSA) is 230 Å². The van der Waals surface area contributed by atoms with Gasteiger partial charge in [-0.1, -0.05) is 40.0 Å². The quantitative estimate of drug-likeness (QED) is 0.112. The van der Waals surface area contributed by atoms with E-state index in [-0.39, 0.29) is 0 Å². The van der Waals surface area contributed by atoms with Crippen LogP contribution in [0.4, 0.5) is 0 Å². The van der Waals surface area contributed by atoms with Gasteiger partial charge < -0.3 is 34.3 Å². The molecule has 0 rings (SSSR count). The van der Waals surface area contributed by atoms with Crippen molar-refractivity contribution in [2.45, 2.75) is 59.3 Å². The minimum Gasteiger partial charge on any atom is -0.303 e. The fraction of sp³-hybridized carbons (Fsp3) is 1.00. The Bertz CT molecular complexity index is 617. The van der Waals surface area contributed by atoms with Crippen molar-refractivity contribution in [2.24, 2.45) is 0 Å². The normalized spacial score (nSPS) is 16.2. The first-order chi connectivity index (χ1) is 14.5. The van der Waals surface area contributed by atoms with Crippen LogP contribution in [0.2, 0.25) is 0 Å². The molecule has 0 spiro atoms. The molecule has 2 atom stereocenters. The Labute approximate surface area is 187 Å². The summed E-state index contributed by atoms with van der Waals surface area (Å²) in [6, 6.07) is 0. The first kappa shape index (κ1) is 34.6. The van der Waals surface area contributed by atoms with E-state index < -0.39 is 38.1 Å². The molecule has 0 aliphatic rings. The van der Waals surface area contributed by atoms with Crippen LogP contribution in [-0.4, -0.2) is 60.7 Å².